The van der Waals surface area contributed by atoms with E-state index >= 15 is 0 Å². The molecule has 0 bridgehead atoms. The van der Waals surface area contributed by atoms with E-state index in [1.54, 1.807) is 0 Å². The highest BCUT2D eigenvalue weighted by Gasteiger charge is 2.27. The quantitative estimate of drug-likeness (QED) is 0.926. The SMILES string of the molecule is CC(CN)(Cc1ccncc1)c1ccc2c(c1)OCO2. The molecule has 1 aliphatic heterocycles. The van der Waals surface area contributed by atoms with Gasteiger partial charge in [-0.3, -0.25) is 4.98 Å². The molecular weight excluding hydrogens is 252 g/mol. The molecule has 0 amide bonds. The van der Waals surface area contributed by atoms with Gasteiger partial charge in [0.05, 0.1) is 0 Å². The zero-order valence-corrected chi connectivity index (χ0v) is 11.5. The van der Waals surface area contributed by atoms with Gasteiger partial charge in [0.15, 0.2) is 11.5 Å². The Kier molecular flexibility index (Phi) is 3.32. The summed E-state index contributed by atoms with van der Waals surface area (Å²) in [5, 5.41) is 0. The molecule has 104 valence electrons. The van der Waals surface area contributed by atoms with Gasteiger partial charge in [-0.05, 0) is 41.8 Å². The molecule has 1 atom stereocenters. The summed E-state index contributed by atoms with van der Waals surface area (Å²) in [4.78, 5) is 4.05. The van der Waals surface area contributed by atoms with E-state index in [9.17, 15) is 0 Å². The molecule has 2 heterocycles. The molecule has 0 fully saturated rings. The minimum absolute atomic E-state index is 0.137. The van der Waals surface area contributed by atoms with Crippen LogP contribution in [-0.2, 0) is 11.8 Å². The smallest absolute Gasteiger partial charge is 0.231 e. The zero-order chi connectivity index (χ0) is 14.0. The van der Waals surface area contributed by atoms with Crippen molar-refractivity contribution in [1.82, 2.24) is 4.98 Å². The number of hydrogen-bond acceptors (Lipinski definition) is 4. The average molecular weight is 270 g/mol. The van der Waals surface area contributed by atoms with Gasteiger partial charge >= 0.3 is 0 Å². The summed E-state index contributed by atoms with van der Waals surface area (Å²) in [6.45, 7) is 3.03. The first-order valence-corrected chi connectivity index (χ1v) is 6.70. The molecule has 0 spiro atoms. The third-order valence-corrected chi connectivity index (χ3v) is 3.86. The van der Waals surface area contributed by atoms with Gasteiger partial charge in [-0.1, -0.05) is 13.0 Å². The first-order chi connectivity index (χ1) is 9.71. The Labute approximate surface area is 118 Å². The van der Waals surface area contributed by atoms with Crippen molar-refractivity contribution in [2.24, 2.45) is 5.73 Å². The standard InChI is InChI=1S/C16H18N2O2/c1-16(10-17,9-12-4-6-18-7-5-12)13-2-3-14-15(8-13)20-11-19-14/h2-8H,9-11,17H2,1H3. The van der Waals surface area contributed by atoms with Crippen LogP contribution < -0.4 is 15.2 Å². The van der Waals surface area contributed by atoms with Crippen molar-refractivity contribution >= 4 is 0 Å². The summed E-state index contributed by atoms with van der Waals surface area (Å²) in [5.74, 6) is 1.61. The van der Waals surface area contributed by atoms with Gasteiger partial charge in [-0.15, -0.1) is 0 Å². The summed E-state index contributed by atoms with van der Waals surface area (Å²) in [6, 6.07) is 10.1. The van der Waals surface area contributed by atoms with Crippen molar-refractivity contribution in [3.63, 3.8) is 0 Å². The maximum absolute atomic E-state index is 6.04. The maximum Gasteiger partial charge on any atom is 0.231 e. The molecule has 0 radical (unpaired) electrons. The number of pyridine rings is 1. The number of rotatable bonds is 4. The first kappa shape index (κ1) is 12.9. The molecular formula is C16H18N2O2. The molecule has 1 aromatic carbocycles. The fourth-order valence-corrected chi connectivity index (χ4v) is 2.52. The largest absolute Gasteiger partial charge is 0.454 e. The molecule has 0 aliphatic carbocycles. The fourth-order valence-electron chi connectivity index (χ4n) is 2.52. The zero-order valence-electron chi connectivity index (χ0n) is 11.5. The Morgan fingerprint density at radius 1 is 1.15 bits per heavy atom. The molecule has 1 aliphatic rings. The normalized spacial score (nSPS) is 15.9. The van der Waals surface area contributed by atoms with Crippen LogP contribution in [0.2, 0.25) is 0 Å². The van der Waals surface area contributed by atoms with E-state index in [1.807, 2.05) is 36.7 Å². The Balaban J connectivity index is 1.92. The van der Waals surface area contributed by atoms with Gasteiger partial charge in [-0.2, -0.15) is 0 Å². The van der Waals surface area contributed by atoms with E-state index < -0.39 is 0 Å². The predicted octanol–water partition coefficient (Wildman–Crippen LogP) is 2.27. The fraction of sp³-hybridized carbons (Fsp3) is 0.312. The van der Waals surface area contributed by atoms with Crippen LogP contribution in [0.25, 0.3) is 0 Å². The Morgan fingerprint density at radius 3 is 2.65 bits per heavy atom. The second-order valence-electron chi connectivity index (χ2n) is 5.37. The first-order valence-electron chi connectivity index (χ1n) is 6.70. The van der Waals surface area contributed by atoms with Crippen LogP contribution in [0.15, 0.2) is 42.7 Å². The van der Waals surface area contributed by atoms with Crippen molar-refractivity contribution in [3.05, 3.63) is 53.9 Å². The summed E-state index contributed by atoms with van der Waals surface area (Å²) in [5.41, 5.74) is 8.30. The summed E-state index contributed by atoms with van der Waals surface area (Å²) < 4.78 is 10.8. The molecule has 1 aromatic heterocycles. The Morgan fingerprint density at radius 2 is 1.90 bits per heavy atom. The number of benzene rings is 1. The second-order valence-corrected chi connectivity index (χ2v) is 5.37. The van der Waals surface area contributed by atoms with Crippen molar-refractivity contribution in [3.8, 4) is 11.5 Å². The number of fused-ring (bicyclic) bond motifs is 1. The van der Waals surface area contributed by atoms with E-state index in [4.69, 9.17) is 15.2 Å². The Hall–Kier alpha value is -2.07. The van der Waals surface area contributed by atoms with Gasteiger partial charge in [0.25, 0.3) is 0 Å². The third-order valence-electron chi connectivity index (χ3n) is 3.86. The lowest BCUT2D eigenvalue weighted by Crippen LogP contribution is -2.34. The van der Waals surface area contributed by atoms with Crippen LogP contribution in [-0.4, -0.2) is 18.3 Å². The third kappa shape index (κ3) is 2.34. The summed E-state index contributed by atoms with van der Waals surface area (Å²) >= 11 is 0. The number of aromatic nitrogens is 1. The molecule has 1 unspecified atom stereocenters. The Bertz CT molecular complexity index is 601. The molecule has 0 saturated carbocycles. The van der Waals surface area contributed by atoms with Crippen molar-refractivity contribution < 1.29 is 9.47 Å². The molecule has 20 heavy (non-hydrogen) atoms. The van der Waals surface area contributed by atoms with Crippen LogP contribution in [0.1, 0.15) is 18.1 Å². The van der Waals surface area contributed by atoms with Crippen LogP contribution in [0.4, 0.5) is 0 Å². The van der Waals surface area contributed by atoms with Crippen molar-refractivity contribution in [2.75, 3.05) is 13.3 Å². The van der Waals surface area contributed by atoms with Gasteiger partial charge in [-0.25, -0.2) is 0 Å². The van der Waals surface area contributed by atoms with Crippen LogP contribution in [0, 0.1) is 0 Å². The molecule has 4 nitrogen and oxygen atoms in total. The number of nitrogens with two attached hydrogens (primary N) is 1. The van der Waals surface area contributed by atoms with Gasteiger partial charge in [0, 0.05) is 24.4 Å². The highest BCUT2D eigenvalue weighted by Crippen LogP contribution is 2.37. The monoisotopic (exact) mass is 270 g/mol. The number of hydrogen-bond donors (Lipinski definition) is 1. The lowest BCUT2D eigenvalue weighted by Gasteiger charge is -2.29. The van der Waals surface area contributed by atoms with E-state index in [-0.39, 0.29) is 5.41 Å². The van der Waals surface area contributed by atoms with Crippen LogP contribution >= 0.6 is 0 Å². The maximum atomic E-state index is 6.04. The molecule has 2 N–H and O–H groups in total. The molecule has 3 rings (SSSR count). The number of ether oxygens (including phenoxy) is 2. The predicted molar refractivity (Wildman–Crippen MR) is 76.9 cm³/mol. The molecule has 2 aromatic rings. The van der Waals surface area contributed by atoms with Crippen LogP contribution in [0.3, 0.4) is 0 Å². The van der Waals surface area contributed by atoms with Gasteiger partial charge in [0.2, 0.25) is 6.79 Å². The van der Waals surface area contributed by atoms with Gasteiger partial charge < -0.3 is 15.2 Å². The lowest BCUT2D eigenvalue weighted by molar-refractivity contribution is 0.174. The van der Waals surface area contributed by atoms with E-state index in [1.165, 1.54) is 11.1 Å². The van der Waals surface area contributed by atoms with Crippen molar-refractivity contribution in [1.29, 1.82) is 0 Å². The van der Waals surface area contributed by atoms with Crippen LogP contribution in [0.5, 0.6) is 11.5 Å². The highest BCUT2D eigenvalue weighted by atomic mass is 16.7. The minimum Gasteiger partial charge on any atom is -0.454 e. The van der Waals surface area contributed by atoms with Crippen molar-refractivity contribution in [2.45, 2.75) is 18.8 Å². The minimum atomic E-state index is -0.137. The van der Waals surface area contributed by atoms with E-state index in [0.717, 1.165) is 17.9 Å². The topological polar surface area (TPSA) is 57.4 Å². The molecule has 4 heteroatoms. The lowest BCUT2D eigenvalue weighted by atomic mass is 9.77. The summed E-state index contributed by atoms with van der Waals surface area (Å²) in [7, 11) is 0. The second kappa shape index (κ2) is 5.13. The highest BCUT2D eigenvalue weighted by molar-refractivity contribution is 5.47. The van der Waals surface area contributed by atoms with E-state index in [0.29, 0.717) is 13.3 Å². The average Bonchev–Trinajstić information content (AvgIpc) is 2.95. The number of nitrogens with zero attached hydrogens (tertiary/aromatic N) is 1. The van der Waals surface area contributed by atoms with E-state index in [2.05, 4.69) is 18.0 Å². The van der Waals surface area contributed by atoms with Gasteiger partial charge in [0.1, 0.15) is 0 Å². The summed E-state index contributed by atoms with van der Waals surface area (Å²) in [6.07, 6.45) is 4.49. The molecule has 0 saturated heterocycles.